The predicted molar refractivity (Wildman–Crippen MR) is 107 cm³/mol. The van der Waals surface area contributed by atoms with Crippen LogP contribution in [0.5, 0.6) is 0 Å². The number of ether oxygens (including phenoxy) is 1. The Morgan fingerprint density at radius 1 is 1.19 bits per heavy atom. The van der Waals surface area contributed by atoms with Gasteiger partial charge in [-0.25, -0.2) is 0 Å². The van der Waals surface area contributed by atoms with E-state index in [-0.39, 0.29) is 12.1 Å². The number of carbonyl (C=O) groups is 1. The molecule has 0 radical (unpaired) electrons. The molecule has 4 rings (SSSR count). The van der Waals surface area contributed by atoms with Gasteiger partial charge in [-0.1, -0.05) is 32.4 Å². The summed E-state index contributed by atoms with van der Waals surface area (Å²) in [6.45, 7) is 9.16. The Morgan fingerprint density at radius 3 is 2.59 bits per heavy atom. The topological polar surface area (TPSA) is 46.5 Å². The van der Waals surface area contributed by atoms with E-state index in [0.29, 0.717) is 35.2 Å². The van der Waals surface area contributed by atoms with Crippen LogP contribution in [-0.4, -0.2) is 23.8 Å². The Morgan fingerprint density at radius 2 is 1.89 bits per heavy atom. The number of allylic oxidation sites excluding steroid dienone is 2. The maximum atomic E-state index is 11.4. The van der Waals surface area contributed by atoms with E-state index in [1.54, 1.807) is 12.5 Å². The van der Waals surface area contributed by atoms with Crippen LogP contribution in [0.15, 0.2) is 11.6 Å². The Hall–Kier alpha value is -0.830. The Balaban J connectivity index is 1.57. The first-order valence-corrected chi connectivity index (χ1v) is 11.3. The molecule has 0 aromatic heterocycles. The summed E-state index contributed by atoms with van der Waals surface area (Å²) >= 11 is 0. The van der Waals surface area contributed by atoms with Crippen molar-refractivity contribution in [2.45, 2.75) is 85.2 Å². The summed E-state index contributed by atoms with van der Waals surface area (Å²) in [5.41, 5.74) is 2.52. The van der Waals surface area contributed by atoms with Crippen LogP contribution in [0.25, 0.3) is 0 Å². The third kappa shape index (κ3) is 2.99. The molecule has 3 saturated carbocycles. The van der Waals surface area contributed by atoms with Gasteiger partial charge in [0.25, 0.3) is 0 Å². The smallest absolute Gasteiger partial charge is 0.302 e. The first-order valence-electron chi connectivity index (χ1n) is 11.3. The summed E-state index contributed by atoms with van der Waals surface area (Å²) in [4.78, 5) is 11.4. The normalized spacial score (nSPS) is 47.3. The van der Waals surface area contributed by atoms with Crippen LogP contribution in [0.3, 0.4) is 0 Å². The molecule has 3 unspecified atom stereocenters. The Kier molecular flexibility index (Phi) is 4.98. The lowest BCUT2D eigenvalue weighted by molar-refractivity contribution is -0.152. The quantitative estimate of drug-likeness (QED) is 0.550. The SMILES string of the molecule is CC(=O)OC1CC[C@@]2(C)C(CC=C3[C@@H]4CC[C@H](C(C)CO)[C@@]4(C)CC[C@@H]32)C1. The van der Waals surface area contributed by atoms with Gasteiger partial charge in [0, 0.05) is 13.5 Å². The summed E-state index contributed by atoms with van der Waals surface area (Å²) < 4.78 is 5.58. The molecule has 0 aromatic carbocycles. The molecule has 0 heterocycles. The van der Waals surface area contributed by atoms with Gasteiger partial charge in [0.05, 0.1) is 0 Å². The summed E-state index contributed by atoms with van der Waals surface area (Å²) in [6.07, 6.45) is 12.4. The number of rotatable bonds is 3. The number of hydrogen-bond donors (Lipinski definition) is 1. The third-order valence-electron chi connectivity index (χ3n) is 9.41. The van der Waals surface area contributed by atoms with Crippen LogP contribution < -0.4 is 0 Å². The molecule has 1 N–H and O–H groups in total. The van der Waals surface area contributed by atoms with E-state index in [1.165, 1.54) is 32.1 Å². The van der Waals surface area contributed by atoms with Crippen LogP contribution in [0.1, 0.15) is 79.1 Å². The van der Waals surface area contributed by atoms with Gasteiger partial charge >= 0.3 is 5.97 Å². The van der Waals surface area contributed by atoms with Gasteiger partial charge in [-0.05, 0) is 91.8 Å². The molecule has 0 amide bonds. The second-order valence-corrected chi connectivity index (χ2v) is 10.6. The van der Waals surface area contributed by atoms with E-state index < -0.39 is 0 Å². The average molecular weight is 375 g/mol. The molecule has 0 saturated heterocycles. The molecule has 0 aromatic rings. The molecule has 0 bridgehead atoms. The van der Waals surface area contributed by atoms with E-state index in [9.17, 15) is 9.90 Å². The largest absolute Gasteiger partial charge is 0.463 e. The van der Waals surface area contributed by atoms with Crippen molar-refractivity contribution in [3.05, 3.63) is 11.6 Å². The van der Waals surface area contributed by atoms with Crippen LogP contribution in [0, 0.1) is 40.4 Å². The second-order valence-electron chi connectivity index (χ2n) is 10.6. The van der Waals surface area contributed by atoms with Gasteiger partial charge in [-0.3, -0.25) is 4.79 Å². The van der Waals surface area contributed by atoms with Gasteiger partial charge in [0.1, 0.15) is 6.10 Å². The third-order valence-corrected chi connectivity index (χ3v) is 9.41. The fourth-order valence-electron chi connectivity index (χ4n) is 7.92. The number of aliphatic hydroxyl groups is 1. The number of fused-ring (bicyclic) bond motifs is 5. The molecule has 0 aliphatic heterocycles. The number of carbonyl (C=O) groups excluding carboxylic acids is 1. The molecule has 3 heteroatoms. The fraction of sp³-hybridized carbons (Fsp3) is 0.875. The molecular formula is C24H38O3. The minimum atomic E-state index is -0.126. The first-order chi connectivity index (χ1) is 12.8. The average Bonchev–Trinajstić information content (AvgIpc) is 2.98. The summed E-state index contributed by atoms with van der Waals surface area (Å²) in [7, 11) is 0. The number of esters is 1. The summed E-state index contributed by atoms with van der Waals surface area (Å²) in [5.74, 6) is 3.05. The van der Waals surface area contributed by atoms with Gasteiger partial charge < -0.3 is 9.84 Å². The van der Waals surface area contributed by atoms with Crippen LogP contribution in [0.2, 0.25) is 0 Å². The molecule has 3 nitrogen and oxygen atoms in total. The molecule has 8 atom stereocenters. The van der Waals surface area contributed by atoms with Gasteiger partial charge in [0.2, 0.25) is 0 Å². The molecular weight excluding hydrogens is 336 g/mol. The van der Waals surface area contributed by atoms with Crippen molar-refractivity contribution in [3.8, 4) is 0 Å². The van der Waals surface area contributed by atoms with E-state index in [4.69, 9.17) is 4.74 Å². The maximum Gasteiger partial charge on any atom is 0.302 e. The highest BCUT2D eigenvalue weighted by molar-refractivity contribution is 5.66. The maximum absolute atomic E-state index is 11.4. The zero-order valence-corrected chi connectivity index (χ0v) is 17.7. The van der Waals surface area contributed by atoms with Crippen molar-refractivity contribution in [1.82, 2.24) is 0 Å². The molecule has 4 aliphatic rings. The van der Waals surface area contributed by atoms with E-state index in [2.05, 4.69) is 26.8 Å². The minimum Gasteiger partial charge on any atom is -0.463 e. The molecule has 0 spiro atoms. The molecule has 3 fully saturated rings. The van der Waals surface area contributed by atoms with Crippen molar-refractivity contribution >= 4 is 5.97 Å². The minimum absolute atomic E-state index is 0.126. The van der Waals surface area contributed by atoms with E-state index >= 15 is 0 Å². The van der Waals surface area contributed by atoms with E-state index in [1.807, 2.05) is 0 Å². The van der Waals surface area contributed by atoms with Crippen molar-refractivity contribution in [1.29, 1.82) is 0 Å². The van der Waals surface area contributed by atoms with Gasteiger partial charge in [0.15, 0.2) is 0 Å². The lowest BCUT2D eigenvalue weighted by Gasteiger charge is -2.58. The monoisotopic (exact) mass is 374 g/mol. The Bertz CT molecular complexity index is 625. The second kappa shape index (κ2) is 6.90. The Labute approximate surface area is 164 Å². The highest BCUT2D eigenvalue weighted by Gasteiger charge is 2.58. The zero-order valence-electron chi connectivity index (χ0n) is 17.7. The lowest BCUT2D eigenvalue weighted by Crippen LogP contribution is -2.50. The highest BCUT2D eigenvalue weighted by Crippen LogP contribution is 2.66. The van der Waals surface area contributed by atoms with Crippen LogP contribution in [-0.2, 0) is 9.53 Å². The van der Waals surface area contributed by atoms with Crippen molar-refractivity contribution < 1.29 is 14.6 Å². The van der Waals surface area contributed by atoms with Crippen molar-refractivity contribution in [2.24, 2.45) is 40.4 Å². The van der Waals surface area contributed by atoms with Gasteiger partial charge in [-0.15, -0.1) is 0 Å². The highest BCUT2D eigenvalue weighted by atomic mass is 16.5. The number of aliphatic hydroxyl groups excluding tert-OH is 1. The molecule has 4 aliphatic carbocycles. The molecule has 27 heavy (non-hydrogen) atoms. The zero-order chi connectivity index (χ0) is 19.4. The van der Waals surface area contributed by atoms with Crippen LogP contribution in [0.4, 0.5) is 0 Å². The summed E-state index contributed by atoms with van der Waals surface area (Å²) in [5, 5.41) is 9.76. The standard InChI is InChI=1S/C24H38O3/c1-15(14-25)20-7-8-21-19-6-5-17-13-18(27-16(2)26)9-11-23(17,3)22(19)10-12-24(20,21)4/h6,15,17-18,20-22,25H,5,7-14H2,1-4H3/t15?,17?,18?,20-,21+,22+,23+,24-/m1/s1. The lowest BCUT2D eigenvalue weighted by atomic mass is 9.47. The summed E-state index contributed by atoms with van der Waals surface area (Å²) in [6, 6.07) is 0. The van der Waals surface area contributed by atoms with Crippen molar-refractivity contribution in [3.63, 3.8) is 0 Å². The number of hydrogen-bond acceptors (Lipinski definition) is 3. The van der Waals surface area contributed by atoms with Gasteiger partial charge in [-0.2, -0.15) is 0 Å². The van der Waals surface area contributed by atoms with Crippen molar-refractivity contribution in [2.75, 3.05) is 6.61 Å². The van der Waals surface area contributed by atoms with E-state index in [0.717, 1.165) is 31.1 Å². The first kappa shape index (κ1) is 19.5. The predicted octanol–water partition coefficient (Wildman–Crippen LogP) is 5.13. The van der Waals surface area contributed by atoms with Crippen LogP contribution >= 0.6 is 0 Å². The fourth-order valence-corrected chi connectivity index (χ4v) is 7.92. The molecule has 152 valence electrons.